The molecule has 372 valence electrons. The van der Waals surface area contributed by atoms with E-state index in [0.29, 0.717) is 66.5 Å². The van der Waals surface area contributed by atoms with Gasteiger partial charge in [-0.3, -0.25) is 21.3 Å². The monoisotopic (exact) mass is 1520 g/mol. The van der Waals surface area contributed by atoms with Gasteiger partial charge >= 0.3 is 104 Å². The van der Waals surface area contributed by atoms with Gasteiger partial charge in [0.15, 0.2) is 0 Å². The number of hydrogen-bond donors (Lipinski definition) is 4. The number of hydrazine groups is 1. The third-order valence-electron chi connectivity index (χ3n) is 8.88. The van der Waals surface area contributed by atoms with E-state index in [0.717, 1.165) is 34.7 Å². The molecule has 3 heterocycles. The van der Waals surface area contributed by atoms with Gasteiger partial charge in [-0.1, -0.05) is 66.7 Å². The van der Waals surface area contributed by atoms with Crippen molar-refractivity contribution < 1.29 is 99.6 Å². The minimum Gasteiger partial charge on any atom is -0.481 e. The number of nitrogens with two attached hydrogens (primary N) is 2. The molecule has 2 aliphatic heterocycles. The predicted octanol–water partition coefficient (Wildman–Crippen LogP) is 4.24. The van der Waals surface area contributed by atoms with Crippen LogP contribution in [0.4, 0.5) is 13.2 Å². The second-order valence-electron chi connectivity index (χ2n) is 13.7. The quantitative estimate of drug-likeness (QED) is 0.0472. The van der Waals surface area contributed by atoms with Crippen LogP contribution in [-0.2, 0) is 31.9 Å². The Hall–Kier alpha value is -3.91. The number of carbonyl (C=O) groups is 5. The van der Waals surface area contributed by atoms with E-state index >= 15 is 0 Å². The number of ether oxygens (including phenoxy) is 2. The fraction of sp³-hybridized carbons (Fsp3) is 0.0625. The number of hydrogen-bond acceptors (Lipinski definition) is 12. The molecule has 9 rings (SSSR count). The van der Waals surface area contributed by atoms with Crippen LogP contribution in [0.2, 0.25) is 0 Å². The van der Waals surface area contributed by atoms with E-state index in [1.54, 1.807) is 72.8 Å². The number of rotatable bonds is 5. The Balaban J connectivity index is 0.000000317. The van der Waals surface area contributed by atoms with Gasteiger partial charge in [-0.15, -0.1) is 0 Å². The smallest absolute Gasteiger partial charge is 0.481 e. The Labute approximate surface area is 486 Å². The largest absolute Gasteiger partial charge is 1.00 e. The number of aliphatic carboxylic acids is 2. The number of benzene rings is 6. The van der Waals surface area contributed by atoms with Crippen molar-refractivity contribution in [3.8, 4) is 0 Å². The molecule has 0 amide bonds. The first-order chi connectivity index (χ1) is 33.8. The molecule has 0 saturated heterocycles. The molecule has 72 heavy (non-hydrogen) atoms. The average Bonchev–Trinajstić information content (AvgIpc) is 3.82. The first-order valence-corrected chi connectivity index (χ1v) is 34.6. The standard InChI is InChI=1S/C15H10BrFN2O.C15H8BrFO2.C8H6BrFO2.C8H4O3.C2H4O2.I3.H4N2.Na/c16-12-7-9(5-6-13(12)17)8-14-10-3-1-2-4-11(10)15(20)19-18-14;16-12-7-9(5-6-13(12)17)8-14-10-3-1-2-4-11(10)15(18)19-14;9-6-3-5(4-8(11)12)1-2-7(6)10;9-7-5-3-1-2-4-6(5)8(10)11-7;1-2(3)4;1-3-2;1-2;/h1-7H,8H2,(H,19,20);1-8H;1-3H,4H2,(H,11,12);1-4H;1H3,(H,3,4);;1-2H2;/q;;;;;-1;;+1/p-1/b;14-8-;;;;;;. The molecule has 0 bridgehead atoms. The normalized spacial score (nSPS) is 11.7. The van der Waals surface area contributed by atoms with Crippen LogP contribution in [0.3, 0.4) is 0 Å². The molecule has 2 aliphatic rings. The van der Waals surface area contributed by atoms with Gasteiger partial charge in [-0.2, -0.15) is 5.10 Å². The van der Waals surface area contributed by atoms with E-state index in [1.807, 2.05) is 30.3 Å². The molecule has 24 heteroatoms. The van der Waals surface area contributed by atoms with Gasteiger partial charge in [0, 0.05) is 23.3 Å². The van der Waals surface area contributed by atoms with Crippen LogP contribution in [0.1, 0.15) is 65.9 Å². The maximum Gasteiger partial charge on any atom is 1.00 e. The molecule has 6 aromatic carbocycles. The van der Waals surface area contributed by atoms with Crippen molar-refractivity contribution in [2.24, 2.45) is 11.7 Å². The molecule has 0 atom stereocenters. The summed E-state index contributed by atoms with van der Waals surface area (Å²) >= 11 is 14.6. The molecule has 7 aromatic rings. The number of aromatic nitrogens is 2. The van der Waals surface area contributed by atoms with Gasteiger partial charge in [0.25, 0.3) is 5.56 Å². The van der Waals surface area contributed by atoms with Crippen LogP contribution in [-0.4, -0.2) is 45.2 Å². The van der Waals surface area contributed by atoms with Gasteiger partial charge in [0.05, 0.1) is 47.6 Å². The second kappa shape index (κ2) is 33.1. The predicted molar refractivity (Wildman–Crippen MR) is 282 cm³/mol. The Morgan fingerprint density at radius 3 is 1.57 bits per heavy atom. The summed E-state index contributed by atoms with van der Waals surface area (Å²) in [5.74, 6) is 4.01. The number of carbonyl (C=O) groups excluding carboxylic acids is 4. The Morgan fingerprint density at radius 1 is 0.681 bits per heavy atom. The third-order valence-corrected chi connectivity index (χ3v) is 10.7. The Kier molecular flexibility index (Phi) is 29.5. The van der Waals surface area contributed by atoms with Crippen LogP contribution < -0.4 is 65.2 Å². The summed E-state index contributed by atoms with van der Waals surface area (Å²) in [4.78, 5) is 64.2. The zero-order valence-electron chi connectivity index (χ0n) is 37.2. The number of esters is 3. The van der Waals surface area contributed by atoms with Crippen molar-refractivity contribution in [3.63, 3.8) is 0 Å². The van der Waals surface area contributed by atoms with Crippen molar-refractivity contribution in [3.05, 3.63) is 213 Å². The fourth-order valence-electron chi connectivity index (χ4n) is 5.95. The number of aromatic amines is 1. The fourth-order valence-corrected chi connectivity index (χ4v) is 7.20. The van der Waals surface area contributed by atoms with Crippen molar-refractivity contribution >= 4 is 137 Å². The summed E-state index contributed by atoms with van der Waals surface area (Å²) in [6.45, 7) is 0.972. The summed E-state index contributed by atoms with van der Waals surface area (Å²) in [6, 6.07) is 34.6. The number of carboxylic acids is 2. The van der Waals surface area contributed by atoms with Crippen molar-refractivity contribution in [1.29, 1.82) is 0 Å². The maximum atomic E-state index is 13.2. The van der Waals surface area contributed by atoms with E-state index in [9.17, 15) is 37.1 Å². The van der Waals surface area contributed by atoms with Gasteiger partial charge in [0.2, 0.25) is 0 Å². The zero-order valence-corrected chi connectivity index (χ0v) is 50.5. The van der Waals surface area contributed by atoms with Gasteiger partial charge < -0.3 is 24.5 Å². The van der Waals surface area contributed by atoms with E-state index in [-0.39, 0.29) is 65.0 Å². The summed E-state index contributed by atoms with van der Waals surface area (Å²) < 4.78 is 49.7. The first-order valence-electron chi connectivity index (χ1n) is 19.6. The van der Waals surface area contributed by atoms with Crippen LogP contribution in [0.5, 0.6) is 0 Å². The summed E-state index contributed by atoms with van der Waals surface area (Å²) in [5, 5.41) is 25.3. The first kappa shape index (κ1) is 64.2. The Bertz CT molecular complexity index is 3100. The van der Waals surface area contributed by atoms with Crippen LogP contribution >= 0.6 is 85.0 Å². The van der Waals surface area contributed by atoms with Crippen LogP contribution in [0.15, 0.2) is 146 Å². The van der Waals surface area contributed by atoms with E-state index in [1.165, 1.54) is 30.3 Å². The number of H-pyrrole nitrogens is 1. The third kappa shape index (κ3) is 20.4. The molecule has 6 N–H and O–H groups in total. The van der Waals surface area contributed by atoms with Crippen LogP contribution in [0, 0.1) is 17.5 Å². The topological polar surface area (TPSA) is 245 Å². The maximum absolute atomic E-state index is 13.2. The number of nitrogens with one attached hydrogen (secondary N) is 1. The molecule has 0 spiro atoms. The van der Waals surface area contributed by atoms with Crippen molar-refractivity contribution in [2.75, 3.05) is 0 Å². The number of cyclic esters (lactones) is 3. The molecule has 1 aromatic heterocycles. The molecule has 0 aliphatic carbocycles. The minimum atomic E-state index is -1.08. The number of nitrogens with zero attached hydrogens (tertiary/aromatic N) is 1. The number of halogens is 9. The number of carboxylic acid groups (broad SMARTS) is 2. The van der Waals surface area contributed by atoms with Crippen molar-refractivity contribution in [1.82, 2.24) is 10.2 Å². The summed E-state index contributed by atoms with van der Waals surface area (Å²) in [7, 11) is 0. The Morgan fingerprint density at radius 2 is 1.08 bits per heavy atom. The van der Waals surface area contributed by atoms with E-state index < -0.39 is 23.9 Å². The SMILES string of the molecule is CC(=O)[O-].I[I-]I.NN.O=C(O)Cc1ccc(F)c(Br)c1.O=C1O/C(=C\c2ccc(F)c(Br)c2)c2ccccc21.O=C1OC(=O)c2ccccc21.O=c1[nH]nc(Cc2ccc(F)c(Br)c2)c2ccccc12.[Na+]. The molecule has 0 fully saturated rings. The molecule has 0 radical (unpaired) electrons. The zero-order chi connectivity index (χ0) is 52.8. The van der Waals surface area contributed by atoms with Crippen LogP contribution in [0.25, 0.3) is 22.6 Å². The van der Waals surface area contributed by atoms with Gasteiger partial charge in [-0.05, 0) is 138 Å². The van der Waals surface area contributed by atoms with Crippen molar-refractivity contribution in [2.45, 2.75) is 19.8 Å². The van der Waals surface area contributed by atoms with E-state index in [2.05, 4.69) is 112 Å². The second-order valence-corrected chi connectivity index (χ2v) is 32.5. The molecular weight excluding hydrogens is 1490 g/mol. The average molecular weight is 1530 g/mol. The molecule has 0 unspecified atom stereocenters. The van der Waals surface area contributed by atoms with Gasteiger partial charge in [-0.25, -0.2) is 32.7 Å². The van der Waals surface area contributed by atoms with E-state index in [4.69, 9.17) is 19.7 Å². The van der Waals surface area contributed by atoms with Gasteiger partial charge in [0.1, 0.15) is 23.2 Å². The number of fused-ring (bicyclic) bond motifs is 3. The molecular formula is C48H35Br3F3I3N4NaO10-. The molecule has 0 saturated carbocycles. The summed E-state index contributed by atoms with van der Waals surface area (Å²) in [5.41, 5.74) is 4.84. The minimum absolute atomic E-state index is 0. The molecule has 14 nitrogen and oxygen atoms in total. The summed E-state index contributed by atoms with van der Waals surface area (Å²) in [6.07, 6.45) is 2.16.